The highest BCUT2D eigenvalue weighted by Crippen LogP contribution is 2.35. The smallest absolute Gasteiger partial charge is 0.263 e. The number of para-hydroxylation sites is 1. The summed E-state index contributed by atoms with van der Waals surface area (Å²) >= 11 is 2.96. The molecule has 1 amide bonds. The Kier molecular flexibility index (Phi) is 6.43. The van der Waals surface area contributed by atoms with Crippen LogP contribution in [0.2, 0.25) is 0 Å². The van der Waals surface area contributed by atoms with Crippen LogP contribution >= 0.6 is 23.1 Å². The maximum atomic E-state index is 13.2. The van der Waals surface area contributed by atoms with Gasteiger partial charge in [0.15, 0.2) is 5.16 Å². The number of methoxy groups -OCH3 is 1. The molecule has 4 rings (SSSR count). The van der Waals surface area contributed by atoms with Gasteiger partial charge < -0.3 is 10.1 Å². The molecule has 0 unspecified atom stereocenters. The number of carbonyl (C=O) groups excluding carboxylic acids is 1. The van der Waals surface area contributed by atoms with Crippen molar-refractivity contribution in [2.45, 2.75) is 50.9 Å². The zero-order chi connectivity index (χ0) is 21.1. The Bertz CT molecular complexity index is 1140. The number of aromatic nitrogens is 2. The summed E-state index contributed by atoms with van der Waals surface area (Å²) in [4.78, 5) is 32.5. The molecular weight excluding hydrogens is 418 g/mol. The van der Waals surface area contributed by atoms with Crippen molar-refractivity contribution in [3.8, 4) is 5.75 Å². The van der Waals surface area contributed by atoms with E-state index in [4.69, 9.17) is 9.72 Å². The highest BCUT2D eigenvalue weighted by Gasteiger charge is 2.23. The molecule has 0 spiro atoms. The number of nitrogens with one attached hydrogen (secondary N) is 1. The van der Waals surface area contributed by atoms with Crippen LogP contribution < -0.4 is 15.6 Å². The number of rotatable bonds is 8. The Balaban J connectivity index is 1.50. The van der Waals surface area contributed by atoms with Crippen molar-refractivity contribution >= 4 is 39.2 Å². The number of amides is 1. The van der Waals surface area contributed by atoms with Crippen LogP contribution in [-0.2, 0) is 30.7 Å². The first kappa shape index (κ1) is 20.9. The van der Waals surface area contributed by atoms with Gasteiger partial charge in [-0.2, -0.15) is 0 Å². The van der Waals surface area contributed by atoms with Crippen LogP contribution in [-0.4, -0.2) is 28.3 Å². The number of thioether (sulfide) groups is 1. The molecule has 0 saturated carbocycles. The van der Waals surface area contributed by atoms with E-state index in [0.29, 0.717) is 18.2 Å². The third-order valence-electron chi connectivity index (χ3n) is 5.24. The molecule has 2 heterocycles. The number of aryl methyl sites for hydroxylation is 2. The number of carbonyl (C=O) groups is 1. The molecule has 0 fully saturated rings. The van der Waals surface area contributed by atoms with Gasteiger partial charge in [0, 0.05) is 23.5 Å². The summed E-state index contributed by atoms with van der Waals surface area (Å²) in [6.07, 6.45) is 3.97. The zero-order valence-corrected chi connectivity index (χ0v) is 18.8. The van der Waals surface area contributed by atoms with Crippen molar-refractivity contribution in [1.82, 2.24) is 14.9 Å². The highest BCUT2D eigenvalue weighted by molar-refractivity contribution is 7.99. The van der Waals surface area contributed by atoms with E-state index in [-0.39, 0.29) is 17.2 Å². The van der Waals surface area contributed by atoms with E-state index in [1.807, 2.05) is 31.2 Å². The first-order valence-electron chi connectivity index (χ1n) is 10.2. The number of ether oxygens (including phenoxy) is 1. The van der Waals surface area contributed by atoms with Crippen LogP contribution in [0, 0.1) is 0 Å². The Morgan fingerprint density at radius 3 is 2.97 bits per heavy atom. The largest absolute Gasteiger partial charge is 0.496 e. The summed E-state index contributed by atoms with van der Waals surface area (Å²) in [6, 6.07) is 7.61. The van der Waals surface area contributed by atoms with Gasteiger partial charge in [-0.3, -0.25) is 14.2 Å². The van der Waals surface area contributed by atoms with Crippen molar-refractivity contribution in [2.75, 3.05) is 12.9 Å². The third-order valence-corrected chi connectivity index (χ3v) is 7.40. The summed E-state index contributed by atoms with van der Waals surface area (Å²) in [7, 11) is 1.62. The lowest BCUT2D eigenvalue weighted by molar-refractivity contribution is -0.118. The first-order valence-corrected chi connectivity index (χ1v) is 12.0. The SMILES string of the molecule is CCCn1c(SCC(=O)NCc2ccccc2OC)nc2sc3c(c2c1=O)CCC3. The lowest BCUT2D eigenvalue weighted by atomic mass is 10.2. The standard InChI is InChI=1S/C22H25N3O3S2/c1-3-11-25-21(27)19-15-8-6-10-17(15)30-20(19)24-22(25)29-13-18(26)23-12-14-7-4-5-9-16(14)28-2/h4-5,7,9H,3,6,8,10-13H2,1-2H3,(H,23,26). The van der Waals surface area contributed by atoms with E-state index < -0.39 is 0 Å². The molecule has 30 heavy (non-hydrogen) atoms. The summed E-state index contributed by atoms with van der Waals surface area (Å²) in [6.45, 7) is 3.05. The van der Waals surface area contributed by atoms with Crippen LogP contribution in [0.1, 0.15) is 35.8 Å². The Labute approximate surface area is 183 Å². The highest BCUT2D eigenvalue weighted by atomic mass is 32.2. The second kappa shape index (κ2) is 9.22. The van der Waals surface area contributed by atoms with Gasteiger partial charge in [0.05, 0.1) is 18.2 Å². The van der Waals surface area contributed by atoms with Gasteiger partial charge in [0.2, 0.25) is 5.91 Å². The Morgan fingerprint density at radius 1 is 1.33 bits per heavy atom. The predicted octanol–water partition coefficient (Wildman–Crippen LogP) is 3.77. The van der Waals surface area contributed by atoms with Crippen molar-refractivity contribution < 1.29 is 9.53 Å². The van der Waals surface area contributed by atoms with E-state index >= 15 is 0 Å². The number of thiophene rings is 1. The van der Waals surface area contributed by atoms with Gasteiger partial charge in [-0.1, -0.05) is 36.9 Å². The molecule has 3 aromatic rings. The summed E-state index contributed by atoms with van der Waals surface area (Å²) < 4.78 is 7.07. The second-order valence-electron chi connectivity index (χ2n) is 7.27. The quantitative estimate of drug-likeness (QED) is 0.424. The molecule has 0 bridgehead atoms. The van der Waals surface area contributed by atoms with Gasteiger partial charge in [-0.25, -0.2) is 4.98 Å². The normalized spacial score (nSPS) is 12.9. The minimum atomic E-state index is -0.100. The predicted molar refractivity (Wildman–Crippen MR) is 122 cm³/mol. The molecule has 1 aliphatic rings. The molecule has 0 saturated heterocycles. The van der Waals surface area contributed by atoms with E-state index in [1.54, 1.807) is 23.0 Å². The van der Waals surface area contributed by atoms with Crippen LogP contribution in [0.25, 0.3) is 10.2 Å². The minimum absolute atomic E-state index is 0.0400. The Morgan fingerprint density at radius 2 is 2.17 bits per heavy atom. The van der Waals surface area contributed by atoms with Gasteiger partial charge in [-0.05, 0) is 37.3 Å². The molecule has 8 heteroatoms. The Hall–Kier alpha value is -2.32. The molecular formula is C22H25N3O3S2. The molecule has 2 aromatic heterocycles. The number of hydrogen-bond acceptors (Lipinski definition) is 6. The number of benzene rings is 1. The summed E-state index contributed by atoms with van der Waals surface area (Å²) in [5.74, 6) is 0.860. The van der Waals surface area contributed by atoms with Gasteiger partial charge >= 0.3 is 0 Å². The lowest BCUT2D eigenvalue weighted by Crippen LogP contribution is -2.27. The van der Waals surface area contributed by atoms with Gasteiger partial charge in [-0.15, -0.1) is 11.3 Å². The number of hydrogen-bond donors (Lipinski definition) is 1. The van der Waals surface area contributed by atoms with E-state index in [0.717, 1.165) is 47.2 Å². The lowest BCUT2D eigenvalue weighted by Gasteiger charge is -2.12. The van der Waals surface area contributed by atoms with E-state index in [2.05, 4.69) is 5.32 Å². The maximum absolute atomic E-state index is 13.2. The molecule has 1 aromatic carbocycles. The monoisotopic (exact) mass is 443 g/mol. The number of nitrogens with zero attached hydrogens (tertiary/aromatic N) is 2. The van der Waals surface area contributed by atoms with Crippen molar-refractivity contribution in [1.29, 1.82) is 0 Å². The van der Waals surface area contributed by atoms with Crippen LogP contribution in [0.3, 0.4) is 0 Å². The van der Waals surface area contributed by atoms with Crippen LogP contribution in [0.5, 0.6) is 5.75 Å². The maximum Gasteiger partial charge on any atom is 0.263 e. The average molecular weight is 444 g/mol. The molecule has 1 aliphatic carbocycles. The molecule has 0 aliphatic heterocycles. The molecule has 0 radical (unpaired) electrons. The zero-order valence-electron chi connectivity index (χ0n) is 17.2. The topological polar surface area (TPSA) is 73.2 Å². The minimum Gasteiger partial charge on any atom is -0.496 e. The van der Waals surface area contributed by atoms with Gasteiger partial charge in [0.25, 0.3) is 5.56 Å². The number of fused-ring (bicyclic) bond motifs is 3. The average Bonchev–Trinajstić information content (AvgIpc) is 3.34. The van der Waals surface area contributed by atoms with Crippen molar-refractivity contribution in [3.63, 3.8) is 0 Å². The van der Waals surface area contributed by atoms with E-state index in [1.165, 1.54) is 22.2 Å². The third kappa shape index (κ3) is 4.11. The van der Waals surface area contributed by atoms with Crippen molar-refractivity contribution in [2.24, 2.45) is 0 Å². The fourth-order valence-corrected chi connectivity index (χ4v) is 5.97. The van der Waals surface area contributed by atoms with Crippen LogP contribution in [0.15, 0.2) is 34.2 Å². The first-order chi connectivity index (χ1) is 14.6. The molecule has 0 atom stereocenters. The second-order valence-corrected chi connectivity index (χ2v) is 9.29. The fraction of sp³-hybridized carbons (Fsp3) is 0.409. The van der Waals surface area contributed by atoms with Crippen LogP contribution in [0.4, 0.5) is 0 Å². The fourth-order valence-electron chi connectivity index (χ4n) is 3.81. The van der Waals surface area contributed by atoms with Gasteiger partial charge in [0.1, 0.15) is 10.6 Å². The molecule has 158 valence electrons. The van der Waals surface area contributed by atoms with E-state index in [9.17, 15) is 9.59 Å². The summed E-state index contributed by atoms with van der Waals surface area (Å²) in [5, 5.41) is 4.35. The molecule has 6 nitrogen and oxygen atoms in total. The van der Waals surface area contributed by atoms with Crippen molar-refractivity contribution in [3.05, 3.63) is 50.6 Å². The summed E-state index contributed by atoms with van der Waals surface area (Å²) in [5.41, 5.74) is 2.16. The molecule has 1 N–H and O–H groups in total.